The van der Waals surface area contributed by atoms with Crippen LogP contribution in [0.3, 0.4) is 0 Å². The van der Waals surface area contributed by atoms with Crippen LogP contribution < -0.4 is 10.9 Å². The van der Waals surface area contributed by atoms with Gasteiger partial charge in [-0.15, -0.1) is 0 Å². The fourth-order valence-electron chi connectivity index (χ4n) is 3.26. The fraction of sp³-hybridized carbons (Fsp3) is 0.353. The molecule has 128 valence electrons. The normalized spacial score (nSPS) is 20.3. The average Bonchev–Trinajstić information content (AvgIpc) is 3.18. The lowest BCUT2D eigenvalue weighted by Crippen LogP contribution is -2.33. The highest BCUT2D eigenvalue weighted by Crippen LogP contribution is 2.28. The van der Waals surface area contributed by atoms with Crippen LogP contribution in [0.4, 0.5) is 5.82 Å². The van der Waals surface area contributed by atoms with Gasteiger partial charge in [0.15, 0.2) is 5.82 Å². The molecule has 1 N–H and O–H groups in total. The molecular formula is C17H19N7O. The Bertz CT molecular complexity index is 882. The summed E-state index contributed by atoms with van der Waals surface area (Å²) in [4.78, 5) is 20.7. The van der Waals surface area contributed by atoms with Gasteiger partial charge in [-0.25, -0.2) is 14.3 Å². The number of nitrogens with one attached hydrogen (secondary N) is 1. The first kappa shape index (κ1) is 15.5. The van der Waals surface area contributed by atoms with Crippen molar-refractivity contribution in [3.63, 3.8) is 0 Å². The zero-order valence-corrected chi connectivity index (χ0v) is 13.7. The lowest BCUT2D eigenvalue weighted by molar-refractivity contribution is 0.303. The number of hydrogen-bond acceptors (Lipinski definition) is 6. The Balaban J connectivity index is 1.40. The van der Waals surface area contributed by atoms with Gasteiger partial charge >= 0.3 is 0 Å². The van der Waals surface area contributed by atoms with Gasteiger partial charge in [-0.2, -0.15) is 10.2 Å². The van der Waals surface area contributed by atoms with Crippen LogP contribution in [0.2, 0.25) is 0 Å². The second-order valence-electron chi connectivity index (χ2n) is 6.17. The monoisotopic (exact) mass is 337 g/mol. The van der Waals surface area contributed by atoms with Crippen molar-refractivity contribution in [2.75, 3.05) is 5.32 Å². The lowest BCUT2D eigenvalue weighted by Gasteiger charge is -2.29. The molecule has 1 saturated carbocycles. The molecule has 1 fully saturated rings. The predicted octanol–water partition coefficient (Wildman–Crippen LogP) is 1.81. The van der Waals surface area contributed by atoms with E-state index in [2.05, 4.69) is 25.5 Å². The molecule has 3 aromatic heterocycles. The molecule has 0 radical (unpaired) electrons. The summed E-state index contributed by atoms with van der Waals surface area (Å²) in [5, 5.41) is 11.8. The summed E-state index contributed by atoms with van der Waals surface area (Å²) in [5.74, 6) is 1.43. The molecule has 0 saturated heterocycles. The van der Waals surface area contributed by atoms with E-state index in [1.165, 1.54) is 0 Å². The molecule has 3 aromatic rings. The Kier molecular flexibility index (Phi) is 4.24. The first-order valence-corrected chi connectivity index (χ1v) is 8.42. The maximum Gasteiger partial charge on any atom is 0.266 e. The van der Waals surface area contributed by atoms with Gasteiger partial charge in [0.2, 0.25) is 0 Å². The van der Waals surface area contributed by atoms with E-state index in [-0.39, 0.29) is 11.6 Å². The number of aromatic nitrogens is 6. The number of nitrogens with zero attached hydrogens (tertiary/aromatic N) is 6. The second-order valence-corrected chi connectivity index (χ2v) is 6.17. The van der Waals surface area contributed by atoms with Gasteiger partial charge in [0.25, 0.3) is 5.56 Å². The number of anilines is 1. The van der Waals surface area contributed by atoms with E-state index < -0.39 is 0 Å². The van der Waals surface area contributed by atoms with Crippen LogP contribution in [-0.4, -0.2) is 35.6 Å². The number of rotatable bonds is 4. The Morgan fingerprint density at radius 2 is 1.88 bits per heavy atom. The Morgan fingerprint density at radius 1 is 1.04 bits per heavy atom. The van der Waals surface area contributed by atoms with Crippen LogP contribution in [0.25, 0.3) is 5.82 Å². The SMILES string of the molecule is O=c1cccnn1C1CCC(Nc2cncc(-n3cccn3)n2)CC1. The molecule has 4 rings (SSSR count). The molecule has 25 heavy (non-hydrogen) atoms. The molecule has 1 aliphatic carbocycles. The van der Waals surface area contributed by atoms with Crippen molar-refractivity contribution in [1.82, 2.24) is 29.5 Å². The van der Waals surface area contributed by atoms with Crippen LogP contribution in [0.1, 0.15) is 31.7 Å². The van der Waals surface area contributed by atoms with Gasteiger partial charge in [0, 0.05) is 30.7 Å². The molecule has 0 aliphatic heterocycles. The van der Waals surface area contributed by atoms with Crippen LogP contribution in [0.15, 0.2) is 54.0 Å². The van der Waals surface area contributed by atoms with Crippen molar-refractivity contribution < 1.29 is 0 Å². The molecule has 0 amide bonds. The van der Waals surface area contributed by atoms with E-state index in [0.29, 0.717) is 11.9 Å². The third-order valence-corrected chi connectivity index (χ3v) is 4.50. The summed E-state index contributed by atoms with van der Waals surface area (Å²) >= 11 is 0. The van der Waals surface area contributed by atoms with E-state index in [1.807, 2.05) is 12.3 Å². The molecule has 0 aromatic carbocycles. The molecule has 0 spiro atoms. The summed E-state index contributed by atoms with van der Waals surface area (Å²) in [7, 11) is 0. The molecule has 8 heteroatoms. The van der Waals surface area contributed by atoms with Crippen molar-refractivity contribution in [2.45, 2.75) is 37.8 Å². The third kappa shape index (κ3) is 3.42. The summed E-state index contributed by atoms with van der Waals surface area (Å²) in [6, 6.07) is 5.58. The minimum Gasteiger partial charge on any atom is -0.366 e. The van der Waals surface area contributed by atoms with E-state index in [9.17, 15) is 4.79 Å². The Morgan fingerprint density at radius 3 is 2.64 bits per heavy atom. The van der Waals surface area contributed by atoms with E-state index in [1.54, 1.807) is 46.3 Å². The zero-order chi connectivity index (χ0) is 17.1. The molecule has 3 heterocycles. The minimum atomic E-state index is -0.0308. The van der Waals surface area contributed by atoms with Gasteiger partial charge in [-0.3, -0.25) is 9.78 Å². The predicted molar refractivity (Wildman–Crippen MR) is 92.6 cm³/mol. The quantitative estimate of drug-likeness (QED) is 0.781. The van der Waals surface area contributed by atoms with Crippen LogP contribution >= 0.6 is 0 Å². The molecule has 0 atom stereocenters. The maximum absolute atomic E-state index is 11.9. The van der Waals surface area contributed by atoms with Crippen LogP contribution in [-0.2, 0) is 0 Å². The smallest absolute Gasteiger partial charge is 0.266 e. The fourth-order valence-corrected chi connectivity index (χ4v) is 3.26. The summed E-state index contributed by atoms with van der Waals surface area (Å²) in [6.07, 6.45) is 12.4. The first-order chi connectivity index (χ1) is 12.3. The van der Waals surface area contributed by atoms with E-state index in [4.69, 9.17) is 0 Å². The highest BCUT2D eigenvalue weighted by atomic mass is 16.1. The van der Waals surface area contributed by atoms with Gasteiger partial charge < -0.3 is 5.32 Å². The lowest BCUT2D eigenvalue weighted by atomic mass is 9.91. The van der Waals surface area contributed by atoms with Crippen molar-refractivity contribution in [1.29, 1.82) is 0 Å². The van der Waals surface area contributed by atoms with Gasteiger partial charge in [0.05, 0.1) is 18.4 Å². The zero-order valence-electron chi connectivity index (χ0n) is 13.7. The molecule has 0 bridgehead atoms. The topological polar surface area (TPSA) is 90.5 Å². The van der Waals surface area contributed by atoms with Gasteiger partial charge in [-0.05, 0) is 37.8 Å². The van der Waals surface area contributed by atoms with Gasteiger partial charge in [0.1, 0.15) is 5.82 Å². The van der Waals surface area contributed by atoms with Crippen molar-refractivity contribution >= 4 is 5.82 Å². The van der Waals surface area contributed by atoms with Gasteiger partial charge in [-0.1, -0.05) is 0 Å². The maximum atomic E-state index is 11.9. The highest BCUT2D eigenvalue weighted by Gasteiger charge is 2.23. The molecule has 0 unspecified atom stereocenters. The van der Waals surface area contributed by atoms with Crippen molar-refractivity contribution in [3.05, 3.63) is 59.5 Å². The molecule has 8 nitrogen and oxygen atoms in total. The molecule has 1 aliphatic rings. The summed E-state index contributed by atoms with van der Waals surface area (Å²) in [6.45, 7) is 0. The second kappa shape index (κ2) is 6.84. The largest absolute Gasteiger partial charge is 0.366 e. The Labute approximate surface area is 144 Å². The number of hydrogen-bond donors (Lipinski definition) is 1. The average molecular weight is 337 g/mol. The Hall–Kier alpha value is -3.03. The standard InChI is InChI=1S/C17H19N7O/c25-17-3-1-8-20-24(17)14-6-4-13(5-7-14)21-15-11-18-12-16(22-15)23-10-2-9-19-23/h1-3,8-14H,4-7H2,(H,21,22). The van der Waals surface area contributed by atoms with E-state index in [0.717, 1.165) is 31.5 Å². The first-order valence-electron chi connectivity index (χ1n) is 8.42. The highest BCUT2D eigenvalue weighted by molar-refractivity contribution is 5.36. The minimum absolute atomic E-state index is 0.0308. The third-order valence-electron chi connectivity index (χ3n) is 4.50. The van der Waals surface area contributed by atoms with Crippen molar-refractivity contribution in [2.24, 2.45) is 0 Å². The van der Waals surface area contributed by atoms with Crippen LogP contribution in [0.5, 0.6) is 0 Å². The van der Waals surface area contributed by atoms with Crippen LogP contribution in [0, 0.1) is 0 Å². The van der Waals surface area contributed by atoms with E-state index >= 15 is 0 Å². The summed E-state index contributed by atoms with van der Waals surface area (Å²) in [5.41, 5.74) is -0.0308. The van der Waals surface area contributed by atoms with Crippen molar-refractivity contribution in [3.8, 4) is 5.82 Å². The molecular weight excluding hydrogens is 318 g/mol. The summed E-state index contributed by atoms with van der Waals surface area (Å²) < 4.78 is 3.29.